The van der Waals surface area contributed by atoms with Crippen LogP contribution >= 0.6 is 11.3 Å². The zero-order valence-electron chi connectivity index (χ0n) is 14.9. The van der Waals surface area contributed by atoms with E-state index in [1.54, 1.807) is 31.5 Å². The van der Waals surface area contributed by atoms with Gasteiger partial charge in [-0.15, -0.1) is 11.3 Å². The van der Waals surface area contributed by atoms with Gasteiger partial charge in [0.15, 0.2) is 5.96 Å². The molecule has 0 spiro atoms. The fourth-order valence-electron chi connectivity index (χ4n) is 2.29. The number of benzene rings is 1. The first kappa shape index (κ1) is 18.9. The van der Waals surface area contributed by atoms with E-state index in [1.807, 2.05) is 24.4 Å². The van der Waals surface area contributed by atoms with E-state index in [4.69, 9.17) is 0 Å². The van der Waals surface area contributed by atoms with Crippen molar-refractivity contribution in [3.8, 4) is 0 Å². The zero-order valence-corrected chi connectivity index (χ0v) is 15.7. The van der Waals surface area contributed by atoms with E-state index in [0.29, 0.717) is 12.1 Å². The van der Waals surface area contributed by atoms with E-state index >= 15 is 0 Å². The Labute approximate surface area is 152 Å². The molecule has 0 aliphatic heterocycles. The van der Waals surface area contributed by atoms with Crippen LogP contribution in [0.2, 0.25) is 0 Å². The molecule has 134 valence electrons. The summed E-state index contributed by atoms with van der Waals surface area (Å²) in [6.45, 7) is 3.51. The first-order valence-electron chi connectivity index (χ1n) is 8.35. The Balaban J connectivity index is 1.81. The summed E-state index contributed by atoms with van der Waals surface area (Å²) in [6, 6.07) is 7.54. The van der Waals surface area contributed by atoms with Crippen LogP contribution in [0, 0.1) is 0 Å². The lowest BCUT2D eigenvalue weighted by Gasteiger charge is -2.12. The molecule has 0 aliphatic carbocycles. The first-order valence-corrected chi connectivity index (χ1v) is 9.17. The van der Waals surface area contributed by atoms with Crippen LogP contribution in [-0.4, -0.2) is 37.5 Å². The third-order valence-corrected chi connectivity index (χ3v) is 4.88. The van der Waals surface area contributed by atoms with Crippen molar-refractivity contribution in [1.82, 2.24) is 20.9 Å². The number of amides is 1. The van der Waals surface area contributed by atoms with Crippen molar-refractivity contribution in [1.29, 1.82) is 0 Å². The molecule has 0 aliphatic rings. The zero-order chi connectivity index (χ0) is 18.1. The summed E-state index contributed by atoms with van der Waals surface area (Å²) in [5, 5.41) is 10.3. The number of guanidine groups is 1. The van der Waals surface area contributed by atoms with Gasteiger partial charge in [-0.2, -0.15) is 0 Å². The Morgan fingerprint density at radius 3 is 2.84 bits per heavy atom. The lowest BCUT2D eigenvalue weighted by Crippen LogP contribution is -2.37. The molecule has 3 N–H and O–H groups in total. The second-order valence-corrected chi connectivity index (χ2v) is 6.66. The van der Waals surface area contributed by atoms with Crippen LogP contribution in [-0.2, 0) is 19.4 Å². The normalized spacial score (nSPS) is 11.2. The third kappa shape index (κ3) is 5.86. The summed E-state index contributed by atoms with van der Waals surface area (Å²) < 4.78 is 0. The lowest BCUT2D eigenvalue weighted by molar-refractivity contribution is 0.0963. The Bertz CT molecular complexity index is 726. The van der Waals surface area contributed by atoms with Crippen LogP contribution < -0.4 is 16.0 Å². The van der Waals surface area contributed by atoms with Crippen molar-refractivity contribution in [2.45, 2.75) is 26.3 Å². The average Bonchev–Trinajstić information content (AvgIpc) is 3.12. The molecule has 1 aromatic heterocycles. The first-order chi connectivity index (χ1) is 12.2. The molecule has 2 rings (SSSR count). The molecular formula is C18H25N5OS. The predicted molar refractivity (Wildman–Crippen MR) is 103 cm³/mol. The molecule has 0 radical (unpaired) electrons. The molecule has 0 saturated heterocycles. The Hall–Kier alpha value is -2.41. The Morgan fingerprint density at radius 2 is 2.16 bits per heavy atom. The maximum absolute atomic E-state index is 11.7. The van der Waals surface area contributed by atoms with Gasteiger partial charge in [0.2, 0.25) is 0 Å². The number of aromatic nitrogens is 1. The van der Waals surface area contributed by atoms with Gasteiger partial charge in [-0.25, -0.2) is 4.98 Å². The minimum absolute atomic E-state index is 0.0840. The SMILES string of the molecule is CCc1cnc(CCNC(=NC)NCc2cccc(C(=O)NC)c2)s1. The number of aryl methyl sites for hydroxylation is 1. The van der Waals surface area contributed by atoms with Crippen LogP contribution in [0.5, 0.6) is 0 Å². The van der Waals surface area contributed by atoms with Gasteiger partial charge < -0.3 is 16.0 Å². The van der Waals surface area contributed by atoms with Crippen molar-refractivity contribution in [2.75, 3.05) is 20.6 Å². The molecule has 0 bridgehead atoms. The lowest BCUT2D eigenvalue weighted by atomic mass is 10.1. The van der Waals surface area contributed by atoms with Crippen molar-refractivity contribution in [3.05, 3.63) is 51.5 Å². The number of hydrogen-bond donors (Lipinski definition) is 3. The molecule has 6 nitrogen and oxygen atoms in total. The van der Waals surface area contributed by atoms with E-state index in [0.717, 1.165) is 35.9 Å². The highest BCUT2D eigenvalue weighted by molar-refractivity contribution is 7.11. The van der Waals surface area contributed by atoms with Crippen LogP contribution in [0.15, 0.2) is 35.5 Å². The van der Waals surface area contributed by atoms with Crippen molar-refractivity contribution in [2.24, 2.45) is 4.99 Å². The number of carbonyl (C=O) groups excluding carboxylic acids is 1. The molecule has 1 aromatic carbocycles. The summed E-state index contributed by atoms with van der Waals surface area (Å²) in [4.78, 5) is 21.6. The maximum Gasteiger partial charge on any atom is 0.251 e. The van der Waals surface area contributed by atoms with Gasteiger partial charge in [0, 0.05) is 50.2 Å². The summed E-state index contributed by atoms with van der Waals surface area (Å²) in [5.41, 5.74) is 1.68. The quantitative estimate of drug-likeness (QED) is 0.522. The van der Waals surface area contributed by atoms with Gasteiger partial charge in [0.25, 0.3) is 5.91 Å². The van der Waals surface area contributed by atoms with Gasteiger partial charge in [-0.1, -0.05) is 19.1 Å². The summed E-state index contributed by atoms with van der Waals surface area (Å²) >= 11 is 1.76. The second kappa shape index (κ2) is 9.78. The van der Waals surface area contributed by atoms with E-state index in [1.165, 1.54) is 4.88 Å². The highest BCUT2D eigenvalue weighted by atomic mass is 32.1. The molecule has 0 unspecified atom stereocenters. The van der Waals surface area contributed by atoms with Crippen LogP contribution in [0.3, 0.4) is 0 Å². The highest BCUT2D eigenvalue weighted by Crippen LogP contribution is 2.13. The molecule has 0 saturated carbocycles. The number of thiazole rings is 1. The molecule has 0 fully saturated rings. The van der Waals surface area contributed by atoms with E-state index < -0.39 is 0 Å². The molecular weight excluding hydrogens is 334 g/mol. The van der Waals surface area contributed by atoms with Crippen molar-refractivity contribution < 1.29 is 4.79 Å². The van der Waals surface area contributed by atoms with E-state index in [2.05, 4.69) is 32.9 Å². The van der Waals surface area contributed by atoms with Crippen LogP contribution in [0.1, 0.15) is 32.7 Å². The number of rotatable bonds is 7. The maximum atomic E-state index is 11.7. The summed E-state index contributed by atoms with van der Waals surface area (Å²) in [5.74, 6) is 0.650. The number of hydrogen-bond acceptors (Lipinski definition) is 4. The topological polar surface area (TPSA) is 78.4 Å². The summed E-state index contributed by atoms with van der Waals surface area (Å²) in [6.07, 6.45) is 3.85. The second-order valence-electron chi connectivity index (χ2n) is 5.46. The largest absolute Gasteiger partial charge is 0.356 e. The average molecular weight is 359 g/mol. The Morgan fingerprint density at radius 1 is 1.32 bits per heavy atom. The number of nitrogens with zero attached hydrogens (tertiary/aromatic N) is 2. The van der Waals surface area contributed by atoms with Crippen molar-refractivity contribution >= 4 is 23.2 Å². The standard InChI is InChI=1S/C18H25N5OS/c1-4-15-12-22-16(25-15)8-9-21-18(20-3)23-11-13-6-5-7-14(10-13)17(24)19-2/h5-7,10,12H,4,8-9,11H2,1-3H3,(H,19,24)(H2,20,21,23). The minimum atomic E-state index is -0.0840. The molecule has 25 heavy (non-hydrogen) atoms. The third-order valence-electron chi connectivity index (χ3n) is 3.68. The molecule has 1 heterocycles. The van der Waals surface area contributed by atoms with Crippen LogP contribution in [0.4, 0.5) is 0 Å². The number of aliphatic imine (C=N–C) groups is 1. The number of nitrogens with one attached hydrogen (secondary N) is 3. The van der Waals surface area contributed by atoms with Gasteiger partial charge in [-0.05, 0) is 24.1 Å². The molecule has 0 atom stereocenters. The van der Waals surface area contributed by atoms with E-state index in [-0.39, 0.29) is 5.91 Å². The van der Waals surface area contributed by atoms with Gasteiger partial charge in [0.05, 0.1) is 5.01 Å². The smallest absolute Gasteiger partial charge is 0.251 e. The fourth-order valence-corrected chi connectivity index (χ4v) is 3.15. The molecule has 7 heteroatoms. The van der Waals surface area contributed by atoms with Gasteiger partial charge in [-0.3, -0.25) is 9.79 Å². The minimum Gasteiger partial charge on any atom is -0.356 e. The monoisotopic (exact) mass is 359 g/mol. The highest BCUT2D eigenvalue weighted by Gasteiger charge is 2.05. The van der Waals surface area contributed by atoms with E-state index in [9.17, 15) is 4.79 Å². The van der Waals surface area contributed by atoms with Crippen molar-refractivity contribution in [3.63, 3.8) is 0 Å². The predicted octanol–water partition coefficient (Wildman–Crippen LogP) is 1.97. The van der Waals surface area contributed by atoms with Gasteiger partial charge >= 0.3 is 0 Å². The fraction of sp³-hybridized carbons (Fsp3) is 0.389. The summed E-state index contributed by atoms with van der Waals surface area (Å²) in [7, 11) is 3.37. The van der Waals surface area contributed by atoms with Crippen LogP contribution in [0.25, 0.3) is 0 Å². The molecule has 2 aromatic rings. The van der Waals surface area contributed by atoms with Gasteiger partial charge in [0.1, 0.15) is 0 Å². The Kier molecular flexibility index (Phi) is 7.40. The molecule has 1 amide bonds. The number of carbonyl (C=O) groups is 1.